The van der Waals surface area contributed by atoms with Crippen LogP contribution < -0.4 is 11.2 Å². The predicted molar refractivity (Wildman–Crippen MR) is 117 cm³/mol. The summed E-state index contributed by atoms with van der Waals surface area (Å²) in [6.07, 6.45) is 1.22. The number of hydrogen-bond donors (Lipinski definition) is 2. The summed E-state index contributed by atoms with van der Waals surface area (Å²) >= 11 is 4.43. The van der Waals surface area contributed by atoms with Crippen molar-refractivity contribution in [1.29, 1.82) is 5.26 Å². The zero-order chi connectivity index (χ0) is 21.1. The van der Waals surface area contributed by atoms with Crippen LogP contribution in [0.1, 0.15) is 16.7 Å². The highest BCUT2D eigenvalue weighted by atomic mass is 79.9. The van der Waals surface area contributed by atoms with E-state index in [1.54, 1.807) is 36.4 Å². The fraction of sp³-hybridized carbons (Fsp3) is 0.100. The zero-order valence-electron chi connectivity index (χ0n) is 15.4. The molecule has 1 heterocycles. The number of hydrogen-bond acceptors (Lipinski definition) is 6. The van der Waals surface area contributed by atoms with Crippen LogP contribution in [-0.4, -0.2) is 20.9 Å². The van der Waals surface area contributed by atoms with Crippen molar-refractivity contribution in [2.75, 3.05) is 0 Å². The van der Waals surface area contributed by atoms with E-state index in [0.717, 1.165) is 36.8 Å². The number of aromatic hydroxyl groups is 1. The van der Waals surface area contributed by atoms with E-state index in [2.05, 4.69) is 25.9 Å². The number of halogens is 1. The van der Waals surface area contributed by atoms with Gasteiger partial charge in [0.1, 0.15) is 11.0 Å². The van der Waals surface area contributed by atoms with Gasteiger partial charge in [-0.05, 0) is 73.1 Å². The molecule has 0 radical (unpaired) electrons. The van der Waals surface area contributed by atoms with Crippen LogP contribution in [0, 0.1) is 24.5 Å². The molecule has 9 heteroatoms. The van der Waals surface area contributed by atoms with Gasteiger partial charge in [0.05, 0.1) is 11.4 Å². The van der Waals surface area contributed by atoms with E-state index in [0.29, 0.717) is 11.4 Å². The van der Waals surface area contributed by atoms with Gasteiger partial charge in [-0.2, -0.15) is 5.26 Å². The predicted octanol–water partition coefficient (Wildman–Crippen LogP) is 3.93. The molecule has 3 rings (SSSR count). The third-order valence-corrected chi connectivity index (χ3v) is 5.66. The molecule has 146 valence electrons. The van der Waals surface area contributed by atoms with Gasteiger partial charge < -0.3 is 5.11 Å². The Hall–Kier alpha value is -3.09. The van der Waals surface area contributed by atoms with Gasteiger partial charge in [0.2, 0.25) is 5.88 Å². The maximum absolute atomic E-state index is 12.3. The Labute approximate surface area is 178 Å². The van der Waals surface area contributed by atoms with E-state index in [4.69, 9.17) is 5.26 Å². The molecule has 0 amide bonds. The number of thioether (sulfide) groups is 1. The van der Waals surface area contributed by atoms with Crippen LogP contribution >= 0.6 is 27.7 Å². The minimum Gasteiger partial charge on any atom is -0.493 e. The summed E-state index contributed by atoms with van der Waals surface area (Å²) in [6, 6.07) is 10.4. The molecule has 0 spiro atoms. The quantitative estimate of drug-likeness (QED) is 0.340. The number of aromatic nitrogens is 2. The van der Waals surface area contributed by atoms with Gasteiger partial charge in [0.15, 0.2) is 0 Å². The molecule has 7 nitrogen and oxygen atoms in total. The topological polar surface area (TPSA) is 111 Å². The minimum atomic E-state index is -0.750. The smallest absolute Gasteiger partial charge is 0.335 e. The second kappa shape index (κ2) is 8.51. The minimum absolute atomic E-state index is 0.139. The maximum atomic E-state index is 12.3. The number of aryl methyl sites for hydroxylation is 2. The van der Waals surface area contributed by atoms with Crippen molar-refractivity contribution in [3.63, 3.8) is 0 Å². The van der Waals surface area contributed by atoms with E-state index in [-0.39, 0.29) is 5.56 Å². The number of thiocyanates is 1. The zero-order valence-corrected chi connectivity index (χ0v) is 17.8. The first-order valence-electron chi connectivity index (χ1n) is 8.37. The number of H-pyrrole nitrogens is 1. The van der Waals surface area contributed by atoms with E-state index >= 15 is 0 Å². The van der Waals surface area contributed by atoms with Crippen LogP contribution in [-0.2, 0) is 0 Å². The lowest BCUT2D eigenvalue weighted by Crippen LogP contribution is -2.31. The monoisotopic (exact) mass is 470 g/mol. The summed E-state index contributed by atoms with van der Waals surface area (Å²) in [5.41, 5.74) is 1.02. The highest BCUT2D eigenvalue weighted by Crippen LogP contribution is 2.26. The third-order valence-electron chi connectivity index (χ3n) is 4.19. The van der Waals surface area contributed by atoms with Crippen LogP contribution in [0.25, 0.3) is 5.69 Å². The summed E-state index contributed by atoms with van der Waals surface area (Å²) in [7, 11) is 0. The molecule has 0 atom stereocenters. The first-order valence-corrected chi connectivity index (χ1v) is 9.98. The normalized spacial score (nSPS) is 11.0. The SMILES string of the molecule is Cc1cc(-n2c(O)c(C=Nc3ccc(SC#N)cc3C)c(=O)[nH]c2=O)ccc1Br. The number of aromatic amines is 1. The molecule has 3 aromatic rings. The largest absolute Gasteiger partial charge is 0.493 e. The van der Waals surface area contributed by atoms with E-state index in [1.165, 1.54) is 6.21 Å². The fourth-order valence-corrected chi connectivity index (χ4v) is 3.41. The van der Waals surface area contributed by atoms with Crippen molar-refractivity contribution in [2.24, 2.45) is 4.99 Å². The first kappa shape index (κ1) is 20.6. The van der Waals surface area contributed by atoms with Crippen LogP contribution in [0.4, 0.5) is 5.69 Å². The Bertz CT molecular complexity index is 1290. The Kier molecular flexibility index (Phi) is 6.06. The molecular weight excluding hydrogens is 456 g/mol. The number of aliphatic imine (C=N–C) groups is 1. The van der Waals surface area contributed by atoms with Crippen molar-refractivity contribution in [3.8, 4) is 17.0 Å². The van der Waals surface area contributed by atoms with Gasteiger partial charge >= 0.3 is 5.69 Å². The Balaban J connectivity index is 2.08. The summed E-state index contributed by atoms with van der Waals surface area (Å²) < 4.78 is 1.87. The van der Waals surface area contributed by atoms with Crippen LogP contribution in [0.2, 0.25) is 0 Å². The third kappa shape index (κ3) is 4.34. The molecule has 0 saturated carbocycles. The van der Waals surface area contributed by atoms with Gasteiger partial charge in [-0.15, -0.1) is 0 Å². The molecule has 0 aliphatic rings. The molecular formula is C20H15BrN4O3S. The molecule has 0 unspecified atom stereocenters. The van der Waals surface area contributed by atoms with Crippen molar-refractivity contribution >= 4 is 39.6 Å². The van der Waals surface area contributed by atoms with Gasteiger partial charge in [-0.1, -0.05) is 15.9 Å². The lowest BCUT2D eigenvalue weighted by atomic mass is 10.2. The van der Waals surface area contributed by atoms with E-state index in [1.807, 2.05) is 19.2 Å². The lowest BCUT2D eigenvalue weighted by molar-refractivity contribution is 0.430. The van der Waals surface area contributed by atoms with Crippen molar-refractivity contribution in [2.45, 2.75) is 18.7 Å². The highest BCUT2D eigenvalue weighted by Gasteiger charge is 2.15. The van der Waals surface area contributed by atoms with Gasteiger partial charge in [0.25, 0.3) is 5.56 Å². The average Bonchev–Trinajstić information content (AvgIpc) is 2.66. The summed E-state index contributed by atoms with van der Waals surface area (Å²) in [5, 5.41) is 21.4. The summed E-state index contributed by atoms with van der Waals surface area (Å²) in [5.74, 6) is -0.501. The van der Waals surface area contributed by atoms with Crippen molar-refractivity contribution in [3.05, 3.63) is 78.4 Å². The van der Waals surface area contributed by atoms with Gasteiger partial charge in [-0.25, -0.2) is 9.36 Å². The molecule has 0 fully saturated rings. The molecule has 0 saturated heterocycles. The molecule has 2 N–H and O–H groups in total. The Morgan fingerprint density at radius 2 is 1.97 bits per heavy atom. The molecule has 2 aromatic carbocycles. The van der Waals surface area contributed by atoms with Gasteiger partial charge in [-0.3, -0.25) is 14.8 Å². The number of nitrogens with zero attached hydrogens (tertiary/aromatic N) is 3. The van der Waals surface area contributed by atoms with Gasteiger partial charge in [0, 0.05) is 15.6 Å². The van der Waals surface area contributed by atoms with Crippen LogP contribution in [0.5, 0.6) is 5.88 Å². The molecule has 0 aliphatic carbocycles. The number of benzene rings is 2. The molecule has 0 aliphatic heterocycles. The molecule has 29 heavy (non-hydrogen) atoms. The van der Waals surface area contributed by atoms with Crippen molar-refractivity contribution in [1.82, 2.24) is 9.55 Å². The summed E-state index contributed by atoms with van der Waals surface area (Å²) in [4.78, 5) is 31.8. The second-order valence-electron chi connectivity index (χ2n) is 6.17. The lowest BCUT2D eigenvalue weighted by Gasteiger charge is -2.11. The highest BCUT2D eigenvalue weighted by molar-refractivity contribution is 9.10. The standard InChI is InChI=1S/C20H15BrN4O3S/c1-11-7-13(3-5-16(11)21)25-19(27)15(18(26)24-20(25)28)9-23-17-6-4-14(29-10-22)8-12(17)2/h3-9,27H,1-2H3,(H,24,26,28). The number of rotatable bonds is 4. The molecule has 1 aromatic heterocycles. The number of nitriles is 1. The Morgan fingerprint density at radius 3 is 2.62 bits per heavy atom. The average molecular weight is 471 g/mol. The van der Waals surface area contributed by atoms with Crippen LogP contribution in [0.15, 0.2) is 60.3 Å². The maximum Gasteiger partial charge on any atom is 0.335 e. The Morgan fingerprint density at radius 1 is 1.21 bits per heavy atom. The van der Waals surface area contributed by atoms with E-state index in [9.17, 15) is 14.7 Å². The summed E-state index contributed by atoms with van der Waals surface area (Å²) in [6.45, 7) is 3.67. The second-order valence-corrected chi connectivity index (χ2v) is 7.88. The van der Waals surface area contributed by atoms with E-state index < -0.39 is 17.1 Å². The fourth-order valence-electron chi connectivity index (χ4n) is 2.69. The molecule has 0 bridgehead atoms. The van der Waals surface area contributed by atoms with Crippen molar-refractivity contribution < 1.29 is 5.11 Å². The first-order chi connectivity index (χ1) is 13.8. The van der Waals surface area contributed by atoms with Crippen LogP contribution in [0.3, 0.4) is 0 Å². The number of nitrogens with one attached hydrogen (secondary N) is 1.